The SMILES string of the molecule is CCOC(=O)C1=C(C)Nc2nc(SC)[nH]c(=O)c2C1c1cc(OC)ccc1OC. The molecule has 0 bridgehead atoms. The average Bonchev–Trinajstić information content (AvgIpc) is 2.72. The Labute approximate surface area is 172 Å². The predicted molar refractivity (Wildman–Crippen MR) is 111 cm³/mol. The Kier molecular flexibility index (Phi) is 6.17. The van der Waals surface area contributed by atoms with Gasteiger partial charge in [-0.15, -0.1) is 0 Å². The standard InChI is InChI=1S/C20H23N3O5S/c1-6-28-19(25)14-10(2)21-17-16(18(24)23-20(22-17)29-5)15(14)12-9-11(26-3)7-8-13(12)27-4/h7-9,15H,6H2,1-5H3,(H2,21,22,23,24). The zero-order valence-corrected chi connectivity index (χ0v) is 17.7. The first kappa shape index (κ1) is 20.8. The molecule has 0 saturated carbocycles. The molecule has 8 nitrogen and oxygen atoms in total. The molecular formula is C20H23N3O5S. The summed E-state index contributed by atoms with van der Waals surface area (Å²) in [5, 5.41) is 3.57. The highest BCUT2D eigenvalue weighted by molar-refractivity contribution is 7.98. The van der Waals surface area contributed by atoms with Gasteiger partial charge in [0.1, 0.15) is 17.3 Å². The van der Waals surface area contributed by atoms with Crippen molar-refractivity contribution in [3.05, 3.63) is 50.9 Å². The zero-order valence-electron chi connectivity index (χ0n) is 16.9. The van der Waals surface area contributed by atoms with Gasteiger partial charge >= 0.3 is 5.97 Å². The number of aromatic nitrogens is 2. The number of benzene rings is 1. The first-order valence-corrected chi connectivity index (χ1v) is 10.2. The van der Waals surface area contributed by atoms with Crippen LogP contribution in [0.4, 0.5) is 5.82 Å². The second-order valence-corrected chi connectivity index (χ2v) is 7.06. The summed E-state index contributed by atoms with van der Waals surface area (Å²) >= 11 is 1.32. The van der Waals surface area contributed by atoms with Crippen LogP contribution in [0.3, 0.4) is 0 Å². The molecule has 1 unspecified atom stereocenters. The first-order chi connectivity index (χ1) is 13.9. The Morgan fingerprint density at radius 1 is 1.28 bits per heavy atom. The number of carbonyl (C=O) groups excluding carboxylic acids is 1. The molecule has 2 aromatic rings. The minimum absolute atomic E-state index is 0.213. The lowest BCUT2D eigenvalue weighted by atomic mass is 9.81. The van der Waals surface area contributed by atoms with Crippen LogP contribution in [0, 0.1) is 0 Å². The number of esters is 1. The largest absolute Gasteiger partial charge is 0.497 e. The number of hydrogen-bond acceptors (Lipinski definition) is 8. The number of anilines is 1. The molecule has 29 heavy (non-hydrogen) atoms. The van der Waals surface area contributed by atoms with Gasteiger partial charge in [0.25, 0.3) is 5.56 Å². The fraction of sp³-hybridized carbons (Fsp3) is 0.350. The van der Waals surface area contributed by atoms with Crippen LogP contribution in [-0.2, 0) is 9.53 Å². The van der Waals surface area contributed by atoms with Gasteiger partial charge in [0.2, 0.25) is 0 Å². The fourth-order valence-electron chi connectivity index (χ4n) is 3.38. The van der Waals surface area contributed by atoms with Crippen LogP contribution >= 0.6 is 11.8 Å². The van der Waals surface area contributed by atoms with Gasteiger partial charge in [0, 0.05) is 11.3 Å². The Bertz CT molecular complexity index is 1030. The molecule has 1 aromatic heterocycles. The highest BCUT2D eigenvalue weighted by Crippen LogP contribution is 2.44. The van der Waals surface area contributed by atoms with Gasteiger partial charge in [-0.05, 0) is 38.3 Å². The minimum atomic E-state index is -0.734. The van der Waals surface area contributed by atoms with Crippen LogP contribution in [0.25, 0.3) is 0 Å². The summed E-state index contributed by atoms with van der Waals surface area (Å²) in [6.45, 7) is 3.71. The van der Waals surface area contributed by atoms with E-state index in [1.54, 1.807) is 39.2 Å². The number of H-pyrrole nitrogens is 1. The van der Waals surface area contributed by atoms with E-state index in [1.165, 1.54) is 18.9 Å². The predicted octanol–water partition coefficient (Wildman–Crippen LogP) is 2.90. The molecule has 0 amide bonds. The molecule has 0 fully saturated rings. The lowest BCUT2D eigenvalue weighted by molar-refractivity contribution is -0.138. The quantitative estimate of drug-likeness (QED) is 0.420. The number of allylic oxidation sites excluding steroid dienone is 1. The molecule has 2 heterocycles. The third kappa shape index (κ3) is 3.82. The molecule has 154 valence electrons. The normalized spacial score (nSPS) is 15.4. The molecule has 9 heteroatoms. The van der Waals surface area contributed by atoms with E-state index in [-0.39, 0.29) is 12.2 Å². The van der Waals surface area contributed by atoms with E-state index < -0.39 is 11.9 Å². The molecule has 1 aliphatic heterocycles. The second-order valence-electron chi connectivity index (χ2n) is 6.26. The molecule has 0 radical (unpaired) electrons. The van der Waals surface area contributed by atoms with Gasteiger partial charge in [-0.25, -0.2) is 9.78 Å². The van der Waals surface area contributed by atoms with Crippen LogP contribution < -0.4 is 20.3 Å². The third-order valence-electron chi connectivity index (χ3n) is 4.66. The molecule has 1 aromatic carbocycles. The number of ether oxygens (including phenoxy) is 3. The van der Waals surface area contributed by atoms with E-state index in [0.717, 1.165) is 0 Å². The maximum absolute atomic E-state index is 13.0. The Morgan fingerprint density at radius 2 is 2.03 bits per heavy atom. The molecule has 2 N–H and O–H groups in total. The number of hydrogen-bond donors (Lipinski definition) is 2. The smallest absolute Gasteiger partial charge is 0.336 e. The van der Waals surface area contributed by atoms with Crippen molar-refractivity contribution >= 4 is 23.5 Å². The van der Waals surface area contributed by atoms with E-state index >= 15 is 0 Å². The Morgan fingerprint density at radius 3 is 2.66 bits per heavy atom. The fourth-order valence-corrected chi connectivity index (χ4v) is 3.76. The van der Waals surface area contributed by atoms with Gasteiger partial charge in [-0.3, -0.25) is 4.79 Å². The van der Waals surface area contributed by atoms with E-state index in [9.17, 15) is 9.59 Å². The Hall–Kier alpha value is -2.94. The zero-order chi connectivity index (χ0) is 21.1. The third-order valence-corrected chi connectivity index (χ3v) is 5.24. The van der Waals surface area contributed by atoms with Gasteiger partial charge in [-0.2, -0.15) is 0 Å². The van der Waals surface area contributed by atoms with Gasteiger partial charge in [-0.1, -0.05) is 11.8 Å². The van der Waals surface area contributed by atoms with Gasteiger partial charge in [0.05, 0.1) is 37.9 Å². The highest BCUT2D eigenvalue weighted by Gasteiger charge is 2.38. The summed E-state index contributed by atoms with van der Waals surface area (Å²) in [6, 6.07) is 5.25. The molecular weight excluding hydrogens is 394 g/mol. The minimum Gasteiger partial charge on any atom is -0.497 e. The number of fused-ring (bicyclic) bond motifs is 1. The summed E-state index contributed by atoms with van der Waals surface area (Å²) in [5.74, 6) is 0.255. The van der Waals surface area contributed by atoms with E-state index in [0.29, 0.717) is 44.9 Å². The highest BCUT2D eigenvalue weighted by atomic mass is 32.2. The van der Waals surface area contributed by atoms with Crippen molar-refractivity contribution in [3.8, 4) is 11.5 Å². The van der Waals surface area contributed by atoms with Crippen LogP contribution in [0.15, 0.2) is 39.4 Å². The lowest BCUT2D eigenvalue weighted by Gasteiger charge is -2.29. The molecule has 0 aliphatic carbocycles. The summed E-state index contributed by atoms with van der Waals surface area (Å²) in [7, 11) is 3.08. The maximum Gasteiger partial charge on any atom is 0.336 e. The Balaban J connectivity index is 2.34. The molecule has 3 rings (SSSR count). The second kappa shape index (κ2) is 8.60. The summed E-state index contributed by atoms with van der Waals surface area (Å²) in [4.78, 5) is 33.1. The molecule has 0 saturated heterocycles. The van der Waals surface area contributed by atoms with Crippen LogP contribution in [0.1, 0.15) is 30.9 Å². The van der Waals surface area contributed by atoms with E-state index in [4.69, 9.17) is 14.2 Å². The number of thioether (sulfide) groups is 1. The van der Waals surface area contributed by atoms with Crippen molar-refractivity contribution in [2.75, 3.05) is 32.4 Å². The van der Waals surface area contributed by atoms with Crippen molar-refractivity contribution in [3.63, 3.8) is 0 Å². The maximum atomic E-state index is 13.0. The van der Waals surface area contributed by atoms with Crippen LogP contribution in [0.5, 0.6) is 11.5 Å². The van der Waals surface area contributed by atoms with Crippen molar-refractivity contribution in [1.29, 1.82) is 0 Å². The molecule has 0 spiro atoms. The number of aromatic amines is 1. The summed E-state index contributed by atoms with van der Waals surface area (Å²) < 4.78 is 16.2. The average molecular weight is 417 g/mol. The number of nitrogens with one attached hydrogen (secondary N) is 2. The van der Waals surface area contributed by atoms with Crippen LogP contribution in [0.2, 0.25) is 0 Å². The molecule has 1 aliphatic rings. The monoisotopic (exact) mass is 417 g/mol. The topological polar surface area (TPSA) is 103 Å². The summed E-state index contributed by atoms with van der Waals surface area (Å²) in [6.07, 6.45) is 1.82. The lowest BCUT2D eigenvalue weighted by Crippen LogP contribution is -2.31. The molecule has 1 atom stereocenters. The van der Waals surface area contributed by atoms with Crippen LogP contribution in [-0.4, -0.2) is 43.0 Å². The van der Waals surface area contributed by atoms with E-state index in [1.807, 2.05) is 6.26 Å². The number of nitrogens with zero attached hydrogens (tertiary/aromatic N) is 1. The first-order valence-electron chi connectivity index (χ1n) is 9.00. The van der Waals surface area contributed by atoms with E-state index in [2.05, 4.69) is 15.3 Å². The summed E-state index contributed by atoms with van der Waals surface area (Å²) in [5.41, 5.74) is 1.49. The number of methoxy groups -OCH3 is 2. The number of rotatable bonds is 6. The number of carbonyl (C=O) groups is 1. The van der Waals surface area contributed by atoms with Gasteiger partial charge in [0.15, 0.2) is 5.16 Å². The van der Waals surface area contributed by atoms with Crippen molar-refractivity contribution < 1.29 is 19.0 Å². The van der Waals surface area contributed by atoms with Crippen molar-refractivity contribution in [2.24, 2.45) is 0 Å². The van der Waals surface area contributed by atoms with Crippen molar-refractivity contribution in [1.82, 2.24) is 9.97 Å². The van der Waals surface area contributed by atoms with Crippen molar-refractivity contribution in [2.45, 2.75) is 24.9 Å². The van der Waals surface area contributed by atoms with Gasteiger partial charge < -0.3 is 24.5 Å².